The third kappa shape index (κ3) is 4.66. The van der Waals surface area contributed by atoms with Gasteiger partial charge in [0.05, 0.1) is 0 Å². The maximum atomic E-state index is 6.23. The van der Waals surface area contributed by atoms with Crippen molar-refractivity contribution in [3.63, 3.8) is 0 Å². The first kappa shape index (κ1) is 19.6. The first-order chi connectivity index (χ1) is 14.6. The number of fused-ring (bicyclic) bond motifs is 1. The van der Waals surface area contributed by atoms with Gasteiger partial charge in [-0.25, -0.2) is 0 Å². The Morgan fingerprint density at radius 3 is 1.97 bits per heavy atom. The monoisotopic (exact) mass is 398 g/mol. The SMILES string of the molecule is CCCCc1cc(N)ccc1Oc1ccc2ccc(Oc3ccc(N)cc3)cc2c1. The summed E-state index contributed by atoms with van der Waals surface area (Å²) in [6.07, 6.45) is 3.17. The maximum absolute atomic E-state index is 6.23. The van der Waals surface area contributed by atoms with Gasteiger partial charge in [0.25, 0.3) is 0 Å². The van der Waals surface area contributed by atoms with Crippen LogP contribution in [0.4, 0.5) is 11.4 Å². The van der Waals surface area contributed by atoms with Crippen molar-refractivity contribution >= 4 is 22.1 Å². The number of unbranched alkanes of at least 4 members (excludes halogenated alkanes) is 1. The average molecular weight is 399 g/mol. The molecule has 0 aliphatic heterocycles. The van der Waals surface area contributed by atoms with Gasteiger partial charge in [-0.15, -0.1) is 0 Å². The normalized spacial score (nSPS) is 10.8. The van der Waals surface area contributed by atoms with Crippen LogP contribution in [0.1, 0.15) is 25.3 Å². The minimum Gasteiger partial charge on any atom is -0.457 e. The fourth-order valence-corrected chi connectivity index (χ4v) is 3.39. The fourth-order valence-electron chi connectivity index (χ4n) is 3.39. The van der Waals surface area contributed by atoms with E-state index in [1.54, 1.807) is 0 Å². The lowest BCUT2D eigenvalue weighted by atomic mass is 10.1. The summed E-state index contributed by atoms with van der Waals surface area (Å²) in [5.41, 5.74) is 14.3. The lowest BCUT2D eigenvalue weighted by molar-refractivity contribution is 0.475. The number of hydrogen-bond donors (Lipinski definition) is 2. The molecule has 0 saturated carbocycles. The predicted molar refractivity (Wildman–Crippen MR) is 124 cm³/mol. The highest BCUT2D eigenvalue weighted by Gasteiger charge is 2.07. The summed E-state index contributed by atoms with van der Waals surface area (Å²) in [5, 5.41) is 2.17. The molecular formula is C26H26N2O2. The van der Waals surface area contributed by atoms with Crippen LogP contribution in [0.2, 0.25) is 0 Å². The average Bonchev–Trinajstić information content (AvgIpc) is 2.75. The van der Waals surface area contributed by atoms with Gasteiger partial charge in [0.2, 0.25) is 0 Å². The third-order valence-corrected chi connectivity index (χ3v) is 5.01. The molecule has 0 aliphatic rings. The fraction of sp³-hybridized carbons (Fsp3) is 0.154. The Morgan fingerprint density at radius 1 is 0.633 bits per heavy atom. The second kappa shape index (κ2) is 8.78. The van der Waals surface area contributed by atoms with E-state index in [1.165, 1.54) is 0 Å². The van der Waals surface area contributed by atoms with Crippen LogP contribution in [-0.2, 0) is 6.42 Å². The van der Waals surface area contributed by atoms with E-state index in [0.29, 0.717) is 5.69 Å². The van der Waals surface area contributed by atoms with E-state index in [2.05, 4.69) is 13.0 Å². The molecule has 4 nitrogen and oxygen atoms in total. The molecule has 0 aliphatic carbocycles. The minimum absolute atomic E-state index is 0.712. The van der Waals surface area contributed by atoms with Crippen molar-refractivity contribution in [3.05, 3.63) is 84.4 Å². The number of aryl methyl sites for hydroxylation is 1. The number of anilines is 2. The lowest BCUT2D eigenvalue weighted by Gasteiger charge is -2.13. The van der Waals surface area contributed by atoms with Crippen LogP contribution in [0.3, 0.4) is 0 Å². The Bertz CT molecular complexity index is 1150. The molecule has 0 fully saturated rings. The second-order valence-electron chi connectivity index (χ2n) is 7.41. The number of benzene rings is 4. The molecule has 0 unspecified atom stereocenters. The van der Waals surface area contributed by atoms with Gasteiger partial charge in [0.15, 0.2) is 0 Å². The number of nitrogen functional groups attached to an aromatic ring is 2. The smallest absolute Gasteiger partial charge is 0.130 e. The van der Waals surface area contributed by atoms with Gasteiger partial charge in [0.1, 0.15) is 23.0 Å². The topological polar surface area (TPSA) is 70.5 Å². The Hall–Kier alpha value is -3.66. The van der Waals surface area contributed by atoms with E-state index in [1.807, 2.05) is 72.8 Å². The largest absolute Gasteiger partial charge is 0.457 e. The van der Waals surface area contributed by atoms with E-state index >= 15 is 0 Å². The number of ether oxygens (including phenoxy) is 2. The molecule has 152 valence electrons. The quantitative estimate of drug-likeness (QED) is 0.331. The first-order valence-electron chi connectivity index (χ1n) is 10.2. The van der Waals surface area contributed by atoms with Gasteiger partial charge < -0.3 is 20.9 Å². The molecule has 4 heteroatoms. The molecule has 0 radical (unpaired) electrons. The summed E-state index contributed by atoms with van der Waals surface area (Å²) in [6.45, 7) is 2.18. The van der Waals surface area contributed by atoms with Crippen molar-refractivity contribution in [2.24, 2.45) is 0 Å². The van der Waals surface area contributed by atoms with Gasteiger partial charge >= 0.3 is 0 Å². The standard InChI is InChI=1S/C26H26N2O2/c1-2-3-4-19-15-22(28)9-14-26(19)30-25-11-6-18-5-10-24(16-20(18)17-25)29-23-12-7-21(27)8-13-23/h5-17H,2-4,27-28H2,1H3. The third-order valence-electron chi connectivity index (χ3n) is 5.01. The molecule has 0 saturated heterocycles. The van der Waals surface area contributed by atoms with Crippen LogP contribution in [-0.4, -0.2) is 0 Å². The van der Waals surface area contributed by atoms with Crippen LogP contribution in [0.5, 0.6) is 23.0 Å². The molecule has 30 heavy (non-hydrogen) atoms. The molecule has 4 rings (SSSR count). The molecule has 0 spiro atoms. The molecule has 0 bridgehead atoms. The highest BCUT2D eigenvalue weighted by molar-refractivity contribution is 5.85. The Balaban J connectivity index is 1.59. The Morgan fingerprint density at radius 2 is 1.27 bits per heavy atom. The molecule has 0 amide bonds. The summed E-state index contributed by atoms with van der Waals surface area (Å²) < 4.78 is 12.2. The molecule has 0 heterocycles. The van der Waals surface area contributed by atoms with Crippen molar-refractivity contribution in [2.75, 3.05) is 11.5 Å². The van der Waals surface area contributed by atoms with Crippen LogP contribution < -0.4 is 20.9 Å². The van der Waals surface area contributed by atoms with E-state index in [-0.39, 0.29) is 0 Å². The van der Waals surface area contributed by atoms with Gasteiger partial charge in [-0.3, -0.25) is 0 Å². The van der Waals surface area contributed by atoms with E-state index < -0.39 is 0 Å². The zero-order valence-corrected chi connectivity index (χ0v) is 17.1. The summed E-state index contributed by atoms with van der Waals surface area (Å²) >= 11 is 0. The van der Waals surface area contributed by atoms with E-state index in [0.717, 1.165) is 64.3 Å². The minimum atomic E-state index is 0.712. The van der Waals surface area contributed by atoms with Crippen LogP contribution in [0.25, 0.3) is 10.8 Å². The van der Waals surface area contributed by atoms with Gasteiger partial charge in [-0.05, 0) is 95.9 Å². The van der Waals surface area contributed by atoms with Crippen molar-refractivity contribution in [2.45, 2.75) is 26.2 Å². The van der Waals surface area contributed by atoms with Crippen molar-refractivity contribution in [1.29, 1.82) is 0 Å². The lowest BCUT2D eigenvalue weighted by Crippen LogP contribution is -1.95. The predicted octanol–water partition coefficient (Wildman–Crippen LogP) is 6.93. The zero-order valence-electron chi connectivity index (χ0n) is 17.1. The molecule has 0 aromatic heterocycles. The van der Waals surface area contributed by atoms with Crippen molar-refractivity contribution in [1.82, 2.24) is 0 Å². The van der Waals surface area contributed by atoms with Crippen molar-refractivity contribution in [3.8, 4) is 23.0 Å². The number of nitrogens with two attached hydrogens (primary N) is 2. The van der Waals surface area contributed by atoms with E-state index in [4.69, 9.17) is 20.9 Å². The molecular weight excluding hydrogens is 372 g/mol. The molecule has 4 aromatic carbocycles. The Kier molecular flexibility index (Phi) is 5.75. The number of rotatable bonds is 7. The molecule has 0 atom stereocenters. The van der Waals surface area contributed by atoms with Gasteiger partial charge in [0, 0.05) is 11.4 Å². The summed E-state index contributed by atoms with van der Waals surface area (Å²) in [4.78, 5) is 0. The molecule has 4 N–H and O–H groups in total. The maximum Gasteiger partial charge on any atom is 0.130 e. The highest BCUT2D eigenvalue weighted by Crippen LogP contribution is 2.32. The van der Waals surface area contributed by atoms with Crippen LogP contribution >= 0.6 is 0 Å². The van der Waals surface area contributed by atoms with Crippen molar-refractivity contribution < 1.29 is 9.47 Å². The van der Waals surface area contributed by atoms with E-state index in [9.17, 15) is 0 Å². The summed E-state index contributed by atoms with van der Waals surface area (Å²) in [6, 6.07) is 25.3. The van der Waals surface area contributed by atoms with Gasteiger partial charge in [-0.1, -0.05) is 25.5 Å². The second-order valence-corrected chi connectivity index (χ2v) is 7.41. The van der Waals surface area contributed by atoms with Crippen LogP contribution in [0, 0.1) is 0 Å². The Labute approximate surface area is 177 Å². The summed E-state index contributed by atoms with van der Waals surface area (Å²) in [5.74, 6) is 3.15. The van der Waals surface area contributed by atoms with Gasteiger partial charge in [-0.2, -0.15) is 0 Å². The zero-order chi connectivity index (χ0) is 20.9. The summed E-state index contributed by atoms with van der Waals surface area (Å²) in [7, 11) is 0. The van der Waals surface area contributed by atoms with Crippen LogP contribution in [0.15, 0.2) is 78.9 Å². The first-order valence-corrected chi connectivity index (χ1v) is 10.2. The molecule has 4 aromatic rings. The highest BCUT2D eigenvalue weighted by atomic mass is 16.5. The number of hydrogen-bond acceptors (Lipinski definition) is 4.